The third-order valence-electron chi connectivity index (χ3n) is 5.64. The first-order chi connectivity index (χ1) is 13.4. The number of fused-ring (bicyclic) bond motifs is 1. The smallest absolute Gasteiger partial charge is 0.210 e. The van der Waals surface area contributed by atoms with Gasteiger partial charge in [-0.05, 0) is 37.0 Å². The Bertz CT molecular complexity index is 1060. The van der Waals surface area contributed by atoms with Gasteiger partial charge in [0.15, 0.2) is 0 Å². The number of hydrogen-bond acceptors (Lipinski definition) is 2. The van der Waals surface area contributed by atoms with Crippen LogP contribution in [-0.4, -0.2) is 5.52 Å². The molecule has 0 N–H and O–H groups in total. The fourth-order valence-electron chi connectivity index (χ4n) is 3.99. The van der Waals surface area contributed by atoms with Crippen molar-refractivity contribution in [3.8, 4) is 0 Å². The van der Waals surface area contributed by atoms with Gasteiger partial charge < -0.3 is 4.57 Å². The maximum atomic E-state index is 14.4. The minimum atomic E-state index is -3.47. The van der Waals surface area contributed by atoms with Crippen LogP contribution in [0.4, 0.5) is 0 Å². The van der Waals surface area contributed by atoms with E-state index >= 15 is 0 Å². The summed E-state index contributed by atoms with van der Waals surface area (Å²) in [4.78, 5) is 13.9. The average molecular weight is 386 g/mol. The second-order valence-electron chi connectivity index (χ2n) is 7.66. The van der Waals surface area contributed by atoms with E-state index in [0.717, 1.165) is 16.7 Å². The first-order valence-corrected chi connectivity index (χ1v) is 11.2. The number of carbonyl (C=O) groups is 1. The minimum absolute atomic E-state index is 0.206. The number of allylic oxidation sites excluding steroid dienone is 1. The first-order valence-electron chi connectivity index (χ1n) is 9.49. The fraction of sp³-hybridized carbons (Fsp3) is 0.160. The van der Waals surface area contributed by atoms with Crippen LogP contribution in [0.3, 0.4) is 0 Å². The zero-order valence-electron chi connectivity index (χ0n) is 16.1. The van der Waals surface area contributed by atoms with Gasteiger partial charge in [0.05, 0.1) is 5.41 Å². The summed E-state index contributed by atoms with van der Waals surface area (Å²) in [7, 11) is -3.47. The number of hydrogen-bond donors (Lipinski definition) is 0. The molecule has 0 amide bonds. The Kier molecular flexibility index (Phi) is 4.69. The van der Waals surface area contributed by atoms with Gasteiger partial charge in [-0.3, -0.25) is 4.79 Å². The predicted octanol–water partition coefficient (Wildman–Crippen LogP) is 5.11. The highest BCUT2D eigenvalue weighted by Gasteiger charge is 2.46. The SMILES string of the molecule is Cc1cccc2c1CC(C)(C(=O)P(=O)(c1ccccc1)c1ccccc1)C=C2. The van der Waals surface area contributed by atoms with Crippen LogP contribution in [0.5, 0.6) is 0 Å². The van der Waals surface area contributed by atoms with Crippen LogP contribution in [0.1, 0.15) is 23.6 Å². The lowest BCUT2D eigenvalue weighted by Gasteiger charge is -2.33. The lowest BCUT2D eigenvalue weighted by Crippen LogP contribution is -2.36. The number of aryl methyl sites for hydroxylation is 1. The van der Waals surface area contributed by atoms with E-state index < -0.39 is 12.6 Å². The molecule has 3 aromatic rings. The molecule has 28 heavy (non-hydrogen) atoms. The first kappa shape index (κ1) is 18.7. The Hall–Kier alpha value is -2.70. The van der Waals surface area contributed by atoms with Crippen molar-refractivity contribution in [2.45, 2.75) is 20.3 Å². The molecule has 1 unspecified atom stereocenters. The van der Waals surface area contributed by atoms with Crippen molar-refractivity contribution in [2.75, 3.05) is 0 Å². The standard InChI is InChI=1S/C25H23O2P/c1-19-10-9-11-20-16-17-25(2,18-23(19)20)24(26)28(27,21-12-5-3-6-13-21)22-14-7-4-8-15-22/h3-17H,18H2,1-2H3. The Morgan fingerprint density at radius 3 is 2.00 bits per heavy atom. The predicted molar refractivity (Wildman–Crippen MR) is 117 cm³/mol. The fourth-order valence-corrected chi connectivity index (χ4v) is 6.81. The van der Waals surface area contributed by atoms with Crippen LogP contribution in [0.15, 0.2) is 84.9 Å². The van der Waals surface area contributed by atoms with Crippen molar-refractivity contribution in [1.82, 2.24) is 0 Å². The maximum absolute atomic E-state index is 14.4. The molecule has 2 nitrogen and oxygen atoms in total. The summed E-state index contributed by atoms with van der Waals surface area (Å²) < 4.78 is 14.4. The molecule has 1 aliphatic rings. The van der Waals surface area contributed by atoms with Crippen LogP contribution >= 0.6 is 7.14 Å². The van der Waals surface area contributed by atoms with Gasteiger partial charge in [-0.2, -0.15) is 0 Å². The van der Waals surface area contributed by atoms with E-state index in [-0.39, 0.29) is 5.52 Å². The van der Waals surface area contributed by atoms with Crippen molar-refractivity contribution in [3.05, 3.63) is 102 Å². The van der Waals surface area contributed by atoms with Crippen LogP contribution in [0.25, 0.3) is 6.08 Å². The Labute approximate surface area is 166 Å². The molecule has 0 saturated carbocycles. The quantitative estimate of drug-likeness (QED) is 0.584. The molecule has 0 aromatic heterocycles. The highest BCUT2D eigenvalue weighted by Crippen LogP contribution is 2.52. The van der Waals surface area contributed by atoms with Crippen LogP contribution in [0, 0.1) is 12.3 Å². The lowest BCUT2D eigenvalue weighted by molar-refractivity contribution is -0.117. The second-order valence-corrected chi connectivity index (χ2v) is 10.3. The average Bonchev–Trinajstić information content (AvgIpc) is 2.74. The number of rotatable bonds is 4. The molecule has 0 radical (unpaired) electrons. The van der Waals surface area contributed by atoms with E-state index in [1.165, 1.54) is 0 Å². The maximum Gasteiger partial charge on any atom is 0.210 e. The molecule has 0 fully saturated rings. The Morgan fingerprint density at radius 2 is 1.43 bits per heavy atom. The van der Waals surface area contributed by atoms with Crippen LogP contribution in [0.2, 0.25) is 0 Å². The van der Waals surface area contributed by atoms with Crippen molar-refractivity contribution >= 4 is 29.4 Å². The van der Waals surface area contributed by atoms with E-state index in [4.69, 9.17) is 0 Å². The van der Waals surface area contributed by atoms with Gasteiger partial charge >= 0.3 is 0 Å². The van der Waals surface area contributed by atoms with E-state index in [2.05, 4.69) is 19.1 Å². The van der Waals surface area contributed by atoms with Gasteiger partial charge in [0, 0.05) is 10.6 Å². The molecule has 3 aromatic carbocycles. The van der Waals surface area contributed by atoms with Crippen LogP contribution < -0.4 is 10.6 Å². The topological polar surface area (TPSA) is 34.1 Å². The zero-order valence-corrected chi connectivity index (χ0v) is 17.0. The van der Waals surface area contributed by atoms with E-state index in [0.29, 0.717) is 17.0 Å². The van der Waals surface area contributed by atoms with Crippen molar-refractivity contribution in [1.29, 1.82) is 0 Å². The molecule has 0 spiro atoms. The van der Waals surface area contributed by atoms with Gasteiger partial charge in [-0.25, -0.2) is 0 Å². The lowest BCUT2D eigenvalue weighted by atomic mass is 9.77. The molecule has 4 rings (SSSR count). The molecule has 0 aliphatic heterocycles. The monoisotopic (exact) mass is 386 g/mol. The summed E-state index contributed by atoms with van der Waals surface area (Å²) in [6.07, 6.45) is 4.51. The Balaban J connectivity index is 1.86. The molecular formula is C25H23O2P. The minimum Gasteiger partial charge on any atom is -0.306 e. The molecule has 3 heteroatoms. The molecule has 140 valence electrons. The summed E-state index contributed by atoms with van der Waals surface area (Å²) in [5.41, 5.74) is 2.44. The molecule has 0 heterocycles. The summed E-state index contributed by atoms with van der Waals surface area (Å²) >= 11 is 0. The van der Waals surface area contributed by atoms with Crippen molar-refractivity contribution in [3.63, 3.8) is 0 Å². The molecule has 0 bridgehead atoms. The molecular weight excluding hydrogens is 363 g/mol. The normalized spacial score (nSPS) is 18.5. The summed E-state index contributed by atoms with van der Waals surface area (Å²) in [6.45, 7) is 3.98. The van der Waals surface area contributed by atoms with Gasteiger partial charge in [0.2, 0.25) is 12.7 Å². The summed E-state index contributed by atoms with van der Waals surface area (Å²) in [6, 6.07) is 24.5. The van der Waals surface area contributed by atoms with Gasteiger partial charge in [-0.15, -0.1) is 0 Å². The molecule has 0 saturated heterocycles. The van der Waals surface area contributed by atoms with Gasteiger partial charge in [0.1, 0.15) is 0 Å². The summed E-state index contributed by atoms with van der Waals surface area (Å²) in [5, 5.41) is 1.19. The highest BCUT2D eigenvalue weighted by atomic mass is 31.2. The van der Waals surface area contributed by atoms with E-state index in [1.807, 2.05) is 61.5 Å². The summed E-state index contributed by atoms with van der Waals surface area (Å²) in [5.74, 6) is 0. The molecule has 1 aliphatic carbocycles. The third-order valence-corrected chi connectivity index (χ3v) is 8.77. The third kappa shape index (κ3) is 2.99. The number of benzene rings is 3. The highest BCUT2D eigenvalue weighted by molar-refractivity contribution is 7.93. The van der Waals surface area contributed by atoms with Gasteiger partial charge in [-0.1, -0.05) is 91.0 Å². The van der Waals surface area contributed by atoms with E-state index in [9.17, 15) is 9.36 Å². The van der Waals surface area contributed by atoms with Crippen LogP contribution in [-0.2, 0) is 15.8 Å². The van der Waals surface area contributed by atoms with Gasteiger partial charge in [0.25, 0.3) is 0 Å². The number of carbonyl (C=O) groups excluding carboxylic acids is 1. The molecule has 1 atom stereocenters. The van der Waals surface area contributed by atoms with Crippen molar-refractivity contribution in [2.24, 2.45) is 5.41 Å². The van der Waals surface area contributed by atoms with E-state index in [1.54, 1.807) is 24.3 Å². The second kappa shape index (κ2) is 7.04. The zero-order chi connectivity index (χ0) is 19.8. The Morgan fingerprint density at radius 1 is 0.857 bits per heavy atom. The largest absolute Gasteiger partial charge is 0.306 e. The van der Waals surface area contributed by atoms with Crippen molar-refractivity contribution < 1.29 is 9.36 Å².